The summed E-state index contributed by atoms with van der Waals surface area (Å²) in [6, 6.07) is 6.58. The summed E-state index contributed by atoms with van der Waals surface area (Å²) >= 11 is 0. The first-order valence-corrected chi connectivity index (χ1v) is 11.6. The zero-order chi connectivity index (χ0) is 31.2. The lowest BCUT2D eigenvalue weighted by Gasteiger charge is -2.38. The van der Waals surface area contributed by atoms with E-state index in [1.165, 1.54) is 0 Å². The first-order valence-electron chi connectivity index (χ1n) is 11.6. The summed E-state index contributed by atoms with van der Waals surface area (Å²) in [7, 11) is 0. The van der Waals surface area contributed by atoms with E-state index in [9.17, 15) is 46.5 Å². The number of aromatic nitrogens is 4. The smallest absolute Gasteiger partial charge is 0.372 e. The van der Waals surface area contributed by atoms with Crippen molar-refractivity contribution in [3.05, 3.63) is 92.9 Å². The van der Waals surface area contributed by atoms with Gasteiger partial charge in [0.05, 0.1) is 16.7 Å². The van der Waals surface area contributed by atoms with Gasteiger partial charge in [-0.15, -0.1) is 0 Å². The maximum atomic E-state index is 14.9. The molecule has 0 bridgehead atoms. The first-order chi connectivity index (χ1) is 20.3. The van der Waals surface area contributed by atoms with Gasteiger partial charge in [-0.3, -0.25) is 4.79 Å². The van der Waals surface area contributed by atoms with E-state index in [4.69, 9.17) is 13.1 Å². The summed E-state index contributed by atoms with van der Waals surface area (Å²) in [5.74, 6) is -3.88. The minimum atomic E-state index is -6.07. The van der Waals surface area contributed by atoms with Crippen LogP contribution < -0.4 is 0 Å². The van der Waals surface area contributed by atoms with Crippen LogP contribution >= 0.6 is 0 Å². The highest BCUT2D eigenvalue weighted by molar-refractivity contribution is 6.11. The SMILES string of the molecule is [C-]#[N+]c1nc2n(c1[N+]#[C-])C(=O)c1cc(C(c3ccc4c(c3)-c3nc(C#N)c(C#N)n3C4=O)(C(F)(F)F)C(F)(F)F)ccc1-2. The molecular formula is C27H6F6N8O2. The van der Waals surface area contributed by atoms with Crippen LogP contribution in [0.4, 0.5) is 38.0 Å². The highest BCUT2D eigenvalue weighted by Crippen LogP contribution is 2.57. The third-order valence-electron chi connectivity index (χ3n) is 7.24. The molecule has 0 aliphatic carbocycles. The van der Waals surface area contributed by atoms with Crippen LogP contribution in [0.25, 0.3) is 32.5 Å². The second kappa shape index (κ2) is 8.38. The van der Waals surface area contributed by atoms with Gasteiger partial charge in [0, 0.05) is 5.56 Å². The minimum absolute atomic E-state index is 0.179. The number of rotatable bonds is 2. The normalized spacial score (nSPS) is 13.3. The van der Waals surface area contributed by atoms with Gasteiger partial charge in [-0.2, -0.15) is 41.4 Å². The Kier molecular flexibility index (Phi) is 5.25. The van der Waals surface area contributed by atoms with Crippen molar-refractivity contribution in [1.29, 1.82) is 10.5 Å². The van der Waals surface area contributed by atoms with Crippen molar-refractivity contribution >= 4 is 23.5 Å². The van der Waals surface area contributed by atoms with Gasteiger partial charge >= 0.3 is 24.1 Å². The van der Waals surface area contributed by atoms with E-state index in [0.717, 1.165) is 12.1 Å². The zero-order valence-corrected chi connectivity index (χ0v) is 20.6. The fourth-order valence-corrected chi connectivity index (χ4v) is 5.45. The van der Waals surface area contributed by atoms with Crippen LogP contribution in [-0.4, -0.2) is 43.3 Å². The maximum Gasteiger partial charge on any atom is 0.411 e. The molecule has 16 heteroatoms. The Balaban J connectivity index is 1.63. The Hall–Kier alpha value is -6.26. The number of carbonyl (C=O) groups excluding carboxylic acids is 2. The summed E-state index contributed by atoms with van der Waals surface area (Å²) in [5, 5.41) is 18.6. The fourth-order valence-electron chi connectivity index (χ4n) is 5.45. The quantitative estimate of drug-likeness (QED) is 0.190. The molecule has 2 aliphatic rings. The molecule has 2 aliphatic heterocycles. The zero-order valence-electron chi connectivity index (χ0n) is 20.6. The number of alkyl halides is 6. The molecule has 4 heterocycles. The van der Waals surface area contributed by atoms with Crippen LogP contribution in [-0.2, 0) is 5.41 Å². The standard InChI is InChI=1S/C27H6F6N8O2/c1-36-19-22(37-2)41-20(39-19)13-5-3-12(8-16(13)24(41)43)25(26(28,29)30,27(31,32)33)11-4-6-14-15(7-11)21-38-17(9-34)18(10-35)40(21)23(14)42/h3-8H. The molecule has 43 heavy (non-hydrogen) atoms. The third kappa shape index (κ3) is 3.14. The van der Waals surface area contributed by atoms with Gasteiger partial charge in [-0.1, -0.05) is 30.3 Å². The number of imidazole rings is 2. The molecule has 0 spiro atoms. The second-order valence-electron chi connectivity index (χ2n) is 9.21. The van der Waals surface area contributed by atoms with Crippen molar-refractivity contribution in [2.24, 2.45) is 0 Å². The molecule has 10 nitrogen and oxygen atoms in total. The number of halogens is 6. The molecule has 0 unspecified atom stereocenters. The Morgan fingerprint density at radius 2 is 1.28 bits per heavy atom. The number of nitriles is 2. The van der Waals surface area contributed by atoms with Gasteiger partial charge in [0.15, 0.2) is 17.2 Å². The monoisotopic (exact) mass is 588 g/mol. The van der Waals surface area contributed by atoms with E-state index in [-0.39, 0.29) is 17.0 Å². The van der Waals surface area contributed by atoms with Crippen LogP contribution in [0.2, 0.25) is 0 Å². The lowest BCUT2D eigenvalue weighted by molar-refractivity contribution is -0.288. The molecule has 2 aromatic heterocycles. The molecule has 0 radical (unpaired) electrons. The molecule has 0 saturated heterocycles. The molecule has 208 valence electrons. The Morgan fingerprint density at radius 3 is 1.81 bits per heavy atom. The topological polar surface area (TPSA) is 126 Å². The van der Waals surface area contributed by atoms with Crippen LogP contribution in [0.15, 0.2) is 36.4 Å². The Bertz CT molecular complexity index is 2150. The van der Waals surface area contributed by atoms with Crippen molar-refractivity contribution in [3.8, 4) is 34.9 Å². The van der Waals surface area contributed by atoms with Gasteiger partial charge in [0.1, 0.15) is 12.1 Å². The first kappa shape index (κ1) is 26.9. The molecule has 0 atom stereocenters. The van der Waals surface area contributed by atoms with E-state index in [2.05, 4.69) is 19.7 Å². The molecule has 0 fully saturated rings. The van der Waals surface area contributed by atoms with Gasteiger partial charge in [0.25, 0.3) is 17.5 Å². The molecule has 0 saturated carbocycles. The fraction of sp³-hybridized carbons (Fsp3) is 0.111. The van der Waals surface area contributed by atoms with Gasteiger partial charge in [-0.25, -0.2) is 14.3 Å². The van der Waals surface area contributed by atoms with Gasteiger partial charge in [0.2, 0.25) is 5.41 Å². The summed E-state index contributed by atoms with van der Waals surface area (Å²) in [6.45, 7) is 14.4. The highest BCUT2D eigenvalue weighted by Gasteiger charge is 2.73. The predicted octanol–water partition coefficient (Wildman–Crippen LogP) is 5.67. The van der Waals surface area contributed by atoms with Crippen molar-refractivity contribution in [2.75, 3.05) is 0 Å². The van der Waals surface area contributed by atoms with Crippen molar-refractivity contribution < 1.29 is 35.9 Å². The van der Waals surface area contributed by atoms with Gasteiger partial charge < -0.3 is 9.69 Å². The number of fused-ring (bicyclic) bond motifs is 6. The maximum absolute atomic E-state index is 14.9. The van der Waals surface area contributed by atoms with Crippen LogP contribution in [0, 0.1) is 35.8 Å². The third-order valence-corrected chi connectivity index (χ3v) is 7.24. The largest absolute Gasteiger partial charge is 0.411 e. The predicted molar refractivity (Wildman–Crippen MR) is 130 cm³/mol. The molecular weight excluding hydrogens is 582 g/mol. The summed E-state index contributed by atoms with van der Waals surface area (Å²) in [5.41, 5.74) is -10.2. The van der Waals surface area contributed by atoms with Crippen LogP contribution in [0.3, 0.4) is 0 Å². The number of hydrogen-bond acceptors (Lipinski definition) is 6. The number of benzene rings is 2. The number of nitrogens with zero attached hydrogens (tertiary/aromatic N) is 8. The van der Waals surface area contributed by atoms with Crippen molar-refractivity contribution in [3.63, 3.8) is 0 Å². The van der Waals surface area contributed by atoms with E-state index >= 15 is 0 Å². The molecule has 6 rings (SSSR count). The van der Waals surface area contributed by atoms with E-state index in [1.807, 2.05) is 0 Å². The molecule has 0 N–H and O–H groups in total. The molecule has 0 amide bonds. The Labute approximate surface area is 234 Å². The molecule has 4 aromatic rings. The summed E-state index contributed by atoms with van der Waals surface area (Å²) < 4.78 is 91.0. The summed E-state index contributed by atoms with van der Waals surface area (Å²) in [4.78, 5) is 39.8. The Morgan fingerprint density at radius 1 is 0.721 bits per heavy atom. The average Bonchev–Trinajstić information content (AvgIpc) is 3.66. The highest BCUT2D eigenvalue weighted by atomic mass is 19.4. The lowest BCUT2D eigenvalue weighted by Crippen LogP contribution is -2.54. The number of carbonyl (C=O) groups is 2. The van der Waals surface area contributed by atoms with Crippen molar-refractivity contribution in [1.82, 2.24) is 19.1 Å². The van der Waals surface area contributed by atoms with E-state index in [0.29, 0.717) is 33.4 Å². The van der Waals surface area contributed by atoms with Gasteiger partial charge in [-0.05, 0) is 35.4 Å². The second-order valence-corrected chi connectivity index (χ2v) is 9.21. The number of hydrogen-bond donors (Lipinski definition) is 0. The minimum Gasteiger partial charge on any atom is -0.372 e. The van der Waals surface area contributed by atoms with E-state index < -0.39 is 80.7 Å². The van der Waals surface area contributed by atoms with Crippen LogP contribution in [0.1, 0.15) is 43.2 Å². The molecule has 2 aromatic carbocycles. The lowest BCUT2D eigenvalue weighted by atomic mass is 9.71. The average molecular weight is 588 g/mol. The van der Waals surface area contributed by atoms with Crippen LogP contribution in [0.5, 0.6) is 0 Å². The van der Waals surface area contributed by atoms with E-state index in [1.54, 1.807) is 12.1 Å². The summed E-state index contributed by atoms with van der Waals surface area (Å²) in [6.07, 6.45) is -12.1. The van der Waals surface area contributed by atoms with Crippen molar-refractivity contribution in [2.45, 2.75) is 17.8 Å².